The van der Waals surface area contributed by atoms with Gasteiger partial charge in [0.25, 0.3) is 0 Å². The van der Waals surface area contributed by atoms with Crippen molar-refractivity contribution in [3.63, 3.8) is 0 Å². The molecule has 0 aliphatic carbocycles. The van der Waals surface area contributed by atoms with Gasteiger partial charge in [-0.2, -0.15) is 0 Å². The first-order chi connectivity index (χ1) is 16.8. The zero-order valence-electron chi connectivity index (χ0n) is 21.9. The Bertz CT molecular complexity index is 1110. The monoisotopic (exact) mass is 470 g/mol. The summed E-state index contributed by atoms with van der Waals surface area (Å²) in [4.78, 5) is 4.94. The van der Waals surface area contributed by atoms with E-state index in [0.717, 1.165) is 33.8 Å². The molecule has 35 heavy (non-hydrogen) atoms. The number of pyridine rings is 1. The number of aromatic nitrogens is 1. The minimum Gasteiger partial charge on any atom is -0.373 e. The van der Waals surface area contributed by atoms with E-state index < -0.39 is 0 Å². The first kappa shape index (κ1) is 27.8. The first-order valence-corrected chi connectivity index (χ1v) is 12.3. The lowest BCUT2D eigenvalue weighted by molar-refractivity contribution is 0.628. The smallest absolute Gasteiger partial charge is 0.123 e. The van der Waals surface area contributed by atoms with Crippen molar-refractivity contribution < 1.29 is 4.39 Å². The van der Waals surface area contributed by atoms with Gasteiger partial charge < -0.3 is 5.32 Å². The molecule has 3 heteroatoms. The molecular weight excluding hydrogens is 431 g/mol. The standard InChI is InChI=1S/C28H31FN2.C4H8/c1-19(2)18-27(21(5)20(3)4)31-28(23-10-7-6-8-11-23)26-13-9-12-25(30-26)22-14-16-24(29)17-15-22;1-3-4-2/h6-20,28,31H,5H2,1-4H3;3-4H,1-2H3/b27-18-;4-3-. The zero-order chi connectivity index (χ0) is 25.8. The van der Waals surface area contributed by atoms with Gasteiger partial charge >= 0.3 is 0 Å². The first-order valence-electron chi connectivity index (χ1n) is 12.3. The summed E-state index contributed by atoms with van der Waals surface area (Å²) < 4.78 is 13.4. The Morgan fingerprint density at radius 3 is 2.03 bits per heavy atom. The zero-order valence-corrected chi connectivity index (χ0v) is 21.9. The molecule has 1 atom stereocenters. The Kier molecular flexibility index (Phi) is 11.2. The number of allylic oxidation sites excluding steroid dienone is 4. The fourth-order valence-electron chi connectivity index (χ4n) is 3.41. The molecule has 0 aliphatic heterocycles. The lowest BCUT2D eigenvalue weighted by atomic mass is 9.96. The molecule has 0 bridgehead atoms. The number of benzene rings is 2. The van der Waals surface area contributed by atoms with Gasteiger partial charge in [-0.15, -0.1) is 0 Å². The maximum atomic E-state index is 13.4. The van der Waals surface area contributed by atoms with Gasteiger partial charge in [-0.3, -0.25) is 4.98 Å². The van der Waals surface area contributed by atoms with Gasteiger partial charge in [0.1, 0.15) is 5.82 Å². The van der Waals surface area contributed by atoms with Crippen LogP contribution in [0.15, 0.2) is 109 Å². The lowest BCUT2D eigenvalue weighted by Crippen LogP contribution is -2.25. The van der Waals surface area contributed by atoms with Crippen LogP contribution in [0.3, 0.4) is 0 Å². The quantitative estimate of drug-likeness (QED) is 0.263. The Balaban J connectivity index is 0.00000100. The van der Waals surface area contributed by atoms with Crippen LogP contribution in [-0.2, 0) is 0 Å². The molecule has 2 aromatic carbocycles. The van der Waals surface area contributed by atoms with Crippen LogP contribution in [0.2, 0.25) is 0 Å². The van der Waals surface area contributed by atoms with E-state index in [4.69, 9.17) is 4.98 Å². The Labute approximate surface area is 211 Å². The van der Waals surface area contributed by atoms with Crippen LogP contribution in [0, 0.1) is 17.7 Å². The molecule has 3 rings (SSSR count). The highest BCUT2D eigenvalue weighted by molar-refractivity contribution is 5.59. The summed E-state index contributed by atoms with van der Waals surface area (Å²) in [6.45, 7) is 17.0. The highest BCUT2D eigenvalue weighted by Crippen LogP contribution is 2.28. The lowest BCUT2D eigenvalue weighted by Gasteiger charge is -2.25. The van der Waals surface area contributed by atoms with Crippen LogP contribution in [-0.4, -0.2) is 4.98 Å². The number of halogens is 1. The molecule has 0 spiro atoms. The van der Waals surface area contributed by atoms with E-state index in [9.17, 15) is 4.39 Å². The molecule has 0 radical (unpaired) electrons. The topological polar surface area (TPSA) is 24.9 Å². The summed E-state index contributed by atoms with van der Waals surface area (Å²) >= 11 is 0. The average Bonchev–Trinajstić information content (AvgIpc) is 2.87. The van der Waals surface area contributed by atoms with E-state index in [1.807, 2.05) is 62.4 Å². The van der Waals surface area contributed by atoms with Crippen molar-refractivity contribution in [3.8, 4) is 11.3 Å². The van der Waals surface area contributed by atoms with E-state index in [-0.39, 0.29) is 11.9 Å². The summed E-state index contributed by atoms with van der Waals surface area (Å²) in [5.41, 5.74) is 5.85. The van der Waals surface area contributed by atoms with E-state index in [0.29, 0.717) is 11.8 Å². The molecule has 184 valence electrons. The third-order valence-electron chi connectivity index (χ3n) is 5.52. The predicted molar refractivity (Wildman–Crippen MR) is 148 cm³/mol. The van der Waals surface area contributed by atoms with E-state index in [1.54, 1.807) is 12.1 Å². The summed E-state index contributed by atoms with van der Waals surface area (Å²) in [6, 6.07) is 22.6. The van der Waals surface area contributed by atoms with Crippen LogP contribution < -0.4 is 5.32 Å². The van der Waals surface area contributed by atoms with Crippen molar-refractivity contribution in [1.82, 2.24) is 10.3 Å². The summed E-state index contributed by atoms with van der Waals surface area (Å²) in [5.74, 6) is 0.458. The minimum absolute atomic E-state index is 0.137. The minimum atomic E-state index is -0.251. The van der Waals surface area contributed by atoms with Crippen molar-refractivity contribution in [3.05, 3.63) is 126 Å². The van der Waals surface area contributed by atoms with Crippen molar-refractivity contribution in [2.45, 2.75) is 47.6 Å². The number of nitrogens with zero attached hydrogens (tertiary/aromatic N) is 1. The molecule has 3 aromatic rings. The van der Waals surface area contributed by atoms with Gasteiger partial charge in [-0.25, -0.2) is 4.39 Å². The van der Waals surface area contributed by atoms with Gasteiger partial charge in [0.15, 0.2) is 0 Å². The Hall–Kier alpha value is -3.46. The van der Waals surface area contributed by atoms with Crippen molar-refractivity contribution in [1.29, 1.82) is 0 Å². The van der Waals surface area contributed by atoms with Crippen molar-refractivity contribution >= 4 is 0 Å². The fourth-order valence-corrected chi connectivity index (χ4v) is 3.41. The van der Waals surface area contributed by atoms with Gasteiger partial charge in [-0.05, 0) is 73.2 Å². The van der Waals surface area contributed by atoms with Crippen molar-refractivity contribution in [2.75, 3.05) is 0 Å². The van der Waals surface area contributed by atoms with Crippen LogP contribution in [0.4, 0.5) is 4.39 Å². The summed E-state index contributed by atoms with van der Waals surface area (Å²) in [7, 11) is 0. The highest BCUT2D eigenvalue weighted by atomic mass is 19.1. The second kappa shape index (κ2) is 14.1. The van der Waals surface area contributed by atoms with E-state index >= 15 is 0 Å². The third-order valence-corrected chi connectivity index (χ3v) is 5.52. The molecule has 0 fully saturated rings. The number of nitrogens with one attached hydrogen (secondary N) is 1. The number of rotatable bonds is 8. The van der Waals surface area contributed by atoms with Gasteiger partial charge in [-0.1, -0.05) is 88.9 Å². The molecule has 2 nitrogen and oxygen atoms in total. The molecule has 1 N–H and O–H groups in total. The van der Waals surface area contributed by atoms with Crippen LogP contribution in [0.25, 0.3) is 11.3 Å². The van der Waals surface area contributed by atoms with Gasteiger partial charge in [0.05, 0.1) is 17.4 Å². The number of hydrogen-bond acceptors (Lipinski definition) is 2. The maximum Gasteiger partial charge on any atom is 0.123 e. The third kappa shape index (κ3) is 8.68. The largest absolute Gasteiger partial charge is 0.373 e. The fraction of sp³-hybridized carbons (Fsp3) is 0.281. The molecule has 1 heterocycles. The Morgan fingerprint density at radius 1 is 0.857 bits per heavy atom. The molecular formula is C32H39FN2. The SMILES string of the molecule is C/C=C\C.C=C(/C(=C/C(C)C)NC(c1ccccc1)c1cccc(-c2ccc(F)cc2)n1)C(C)C. The van der Waals surface area contributed by atoms with Gasteiger partial charge in [0, 0.05) is 11.3 Å². The van der Waals surface area contributed by atoms with Crippen molar-refractivity contribution in [2.24, 2.45) is 11.8 Å². The van der Waals surface area contributed by atoms with Crippen LogP contribution >= 0.6 is 0 Å². The molecule has 0 aliphatic rings. The molecule has 1 aromatic heterocycles. The second-order valence-corrected chi connectivity index (χ2v) is 9.11. The van der Waals surface area contributed by atoms with E-state index in [2.05, 4.69) is 57.8 Å². The Morgan fingerprint density at radius 2 is 1.49 bits per heavy atom. The summed E-state index contributed by atoms with van der Waals surface area (Å²) in [5, 5.41) is 3.73. The average molecular weight is 471 g/mol. The molecule has 0 saturated heterocycles. The normalized spacial score (nSPS) is 12.4. The molecule has 0 saturated carbocycles. The van der Waals surface area contributed by atoms with Crippen LogP contribution in [0.5, 0.6) is 0 Å². The molecule has 0 amide bonds. The summed E-state index contributed by atoms with van der Waals surface area (Å²) in [6.07, 6.45) is 6.22. The van der Waals surface area contributed by atoms with Crippen LogP contribution in [0.1, 0.15) is 58.8 Å². The van der Waals surface area contributed by atoms with E-state index in [1.165, 1.54) is 12.1 Å². The highest BCUT2D eigenvalue weighted by Gasteiger charge is 2.19. The molecule has 1 unspecified atom stereocenters. The van der Waals surface area contributed by atoms with Gasteiger partial charge in [0.2, 0.25) is 0 Å². The predicted octanol–water partition coefficient (Wildman–Crippen LogP) is 8.90. The maximum absolute atomic E-state index is 13.4. The second-order valence-electron chi connectivity index (χ2n) is 9.11. The number of hydrogen-bond donors (Lipinski definition) is 1.